The lowest BCUT2D eigenvalue weighted by molar-refractivity contribution is 0.436. The SMILES string of the molecule is CCC(CC)n1c(=O)c2cc3c(=O)n(-c4ccc(Oc5ccc(C(C)(CC)CC)cc5)cc4)c(=O)c3cc2c1=O. The standard InChI is InChI=1S/C33H34N2O5/c1-6-21(7-2)34-29(36)25-18-27-28(19-26(25)30(34)37)32(39)35(31(27)38)22-12-16-24(17-13-22)40-23-14-10-20(11-15-23)33(5,8-3)9-4/h10-19,21H,6-9H2,1-5H3. The molecule has 0 aliphatic heterocycles. The second-order valence-electron chi connectivity index (χ2n) is 10.7. The number of fused-ring (bicyclic) bond motifs is 2. The highest BCUT2D eigenvalue weighted by molar-refractivity contribution is 5.98. The van der Waals surface area contributed by atoms with E-state index in [2.05, 4.69) is 32.9 Å². The zero-order chi connectivity index (χ0) is 28.8. The van der Waals surface area contributed by atoms with Crippen LogP contribution in [0.15, 0.2) is 79.8 Å². The molecule has 0 fully saturated rings. The van der Waals surface area contributed by atoms with Crippen LogP contribution in [0.2, 0.25) is 0 Å². The number of rotatable bonds is 9. The maximum Gasteiger partial charge on any atom is 0.266 e. The first kappa shape index (κ1) is 27.3. The second-order valence-corrected chi connectivity index (χ2v) is 10.7. The van der Waals surface area contributed by atoms with Crippen LogP contribution in [0.4, 0.5) is 0 Å². The molecule has 0 amide bonds. The fourth-order valence-corrected chi connectivity index (χ4v) is 5.60. The van der Waals surface area contributed by atoms with Gasteiger partial charge >= 0.3 is 0 Å². The van der Waals surface area contributed by atoms with E-state index in [4.69, 9.17) is 4.74 Å². The molecule has 0 atom stereocenters. The third kappa shape index (κ3) is 4.30. The van der Waals surface area contributed by atoms with Gasteiger partial charge in [-0.05, 0) is 85.2 Å². The smallest absolute Gasteiger partial charge is 0.266 e. The topological polar surface area (TPSA) is 87.4 Å². The van der Waals surface area contributed by atoms with E-state index in [-0.39, 0.29) is 33.0 Å². The van der Waals surface area contributed by atoms with Gasteiger partial charge in [-0.15, -0.1) is 0 Å². The van der Waals surface area contributed by atoms with E-state index >= 15 is 0 Å². The molecular weight excluding hydrogens is 504 g/mol. The second kappa shape index (κ2) is 10.4. The molecule has 0 radical (unpaired) electrons. The number of ether oxygens (including phenoxy) is 1. The lowest BCUT2D eigenvalue weighted by atomic mass is 9.78. The van der Waals surface area contributed by atoms with E-state index < -0.39 is 22.2 Å². The van der Waals surface area contributed by atoms with Crippen LogP contribution in [0.3, 0.4) is 0 Å². The quantitative estimate of drug-likeness (QED) is 0.225. The first-order valence-electron chi connectivity index (χ1n) is 14.0. The van der Waals surface area contributed by atoms with Crippen molar-refractivity contribution >= 4 is 21.5 Å². The molecule has 7 nitrogen and oxygen atoms in total. The maximum atomic E-state index is 13.3. The third-order valence-corrected chi connectivity index (χ3v) is 8.67. The van der Waals surface area contributed by atoms with Crippen molar-refractivity contribution in [2.45, 2.75) is 71.8 Å². The van der Waals surface area contributed by atoms with Crippen molar-refractivity contribution in [2.24, 2.45) is 0 Å². The molecule has 2 aromatic heterocycles. The summed E-state index contributed by atoms with van der Waals surface area (Å²) in [6, 6.07) is 17.4. The predicted octanol–water partition coefficient (Wildman–Crippen LogP) is 6.13. The van der Waals surface area contributed by atoms with Gasteiger partial charge in [-0.2, -0.15) is 0 Å². The van der Waals surface area contributed by atoms with E-state index in [0.717, 1.165) is 17.4 Å². The first-order valence-corrected chi connectivity index (χ1v) is 14.0. The molecule has 0 saturated heterocycles. The zero-order valence-corrected chi connectivity index (χ0v) is 23.6. The minimum atomic E-state index is -0.525. The summed E-state index contributed by atoms with van der Waals surface area (Å²) in [5.41, 5.74) is -0.112. The normalized spacial score (nSPS) is 12.2. The highest BCUT2D eigenvalue weighted by Gasteiger charge is 2.23. The van der Waals surface area contributed by atoms with Crippen LogP contribution in [0.1, 0.15) is 71.9 Å². The molecule has 0 aliphatic rings. The highest BCUT2D eigenvalue weighted by atomic mass is 16.5. The van der Waals surface area contributed by atoms with E-state index in [1.807, 2.05) is 26.0 Å². The Morgan fingerprint density at radius 2 is 1.07 bits per heavy atom. The summed E-state index contributed by atoms with van der Waals surface area (Å²) < 4.78 is 8.33. The fraction of sp³-hybridized carbons (Fsp3) is 0.333. The van der Waals surface area contributed by atoms with Crippen molar-refractivity contribution in [1.82, 2.24) is 9.13 Å². The summed E-state index contributed by atoms with van der Waals surface area (Å²) in [6.45, 7) is 10.5. The Morgan fingerprint density at radius 3 is 1.50 bits per heavy atom. The maximum absolute atomic E-state index is 13.3. The molecule has 0 bridgehead atoms. The van der Waals surface area contributed by atoms with Gasteiger partial charge in [0.05, 0.1) is 27.2 Å². The molecule has 0 spiro atoms. The summed E-state index contributed by atoms with van der Waals surface area (Å²) in [7, 11) is 0. The molecule has 0 N–H and O–H groups in total. The van der Waals surface area contributed by atoms with Crippen LogP contribution in [0.5, 0.6) is 11.5 Å². The van der Waals surface area contributed by atoms with Gasteiger partial charge in [0.25, 0.3) is 22.2 Å². The minimum absolute atomic E-state index is 0.125. The van der Waals surface area contributed by atoms with Gasteiger partial charge in [-0.1, -0.05) is 46.8 Å². The average molecular weight is 539 g/mol. The molecule has 0 saturated carbocycles. The van der Waals surface area contributed by atoms with Crippen LogP contribution in [0.25, 0.3) is 27.2 Å². The van der Waals surface area contributed by atoms with Gasteiger partial charge in [-0.25, -0.2) is 4.57 Å². The molecule has 40 heavy (non-hydrogen) atoms. The Morgan fingerprint density at radius 1 is 0.650 bits per heavy atom. The molecule has 0 aliphatic carbocycles. The molecule has 5 aromatic rings. The largest absolute Gasteiger partial charge is 0.457 e. The number of aromatic nitrogens is 2. The Hall–Kier alpha value is -4.26. The lowest BCUT2D eigenvalue weighted by Gasteiger charge is -2.27. The van der Waals surface area contributed by atoms with E-state index in [0.29, 0.717) is 30.0 Å². The van der Waals surface area contributed by atoms with Crippen molar-refractivity contribution < 1.29 is 4.74 Å². The number of benzene rings is 3. The van der Waals surface area contributed by atoms with Gasteiger partial charge in [0, 0.05) is 6.04 Å². The Balaban J connectivity index is 1.48. The van der Waals surface area contributed by atoms with Crippen molar-refractivity contribution in [3.8, 4) is 17.2 Å². The Bertz CT molecular complexity index is 1820. The van der Waals surface area contributed by atoms with Crippen molar-refractivity contribution in [3.63, 3.8) is 0 Å². The summed E-state index contributed by atoms with van der Waals surface area (Å²) in [5.74, 6) is 1.26. The van der Waals surface area contributed by atoms with Gasteiger partial charge < -0.3 is 4.74 Å². The molecule has 7 heteroatoms. The number of hydrogen-bond donors (Lipinski definition) is 0. The average Bonchev–Trinajstić information content (AvgIpc) is 3.37. The van der Waals surface area contributed by atoms with Gasteiger partial charge in [0.1, 0.15) is 11.5 Å². The van der Waals surface area contributed by atoms with Crippen LogP contribution in [-0.2, 0) is 5.41 Å². The van der Waals surface area contributed by atoms with Crippen LogP contribution in [0, 0.1) is 0 Å². The van der Waals surface area contributed by atoms with E-state index in [1.54, 1.807) is 24.3 Å². The summed E-state index contributed by atoms with van der Waals surface area (Å²) >= 11 is 0. The van der Waals surface area contributed by atoms with E-state index in [1.165, 1.54) is 22.3 Å². The fourth-order valence-electron chi connectivity index (χ4n) is 5.60. The predicted molar refractivity (Wildman–Crippen MR) is 160 cm³/mol. The van der Waals surface area contributed by atoms with Crippen LogP contribution in [-0.4, -0.2) is 9.13 Å². The third-order valence-electron chi connectivity index (χ3n) is 8.67. The molecule has 3 aromatic carbocycles. The van der Waals surface area contributed by atoms with Gasteiger partial charge in [0.15, 0.2) is 0 Å². The lowest BCUT2D eigenvalue weighted by Crippen LogP contribution is -2.29. The molecule has 0 unspecified atom stereocenters. The number of hydrogen-bond acceptors (Lipinski definition) is 5. The summed E-state index contributed by atoms with van der Waals surface area (Å²) in [6.07, 6.45) is 3.37. The van der Waals surface area contributed by atoms with Crippen molar-refractivity contribution in [2.75, 3.05) is 0 Å². The highest BCUT2D eigenvalue weighted by Crippen LogP contribution is 2.33. The van der Waals surface area contributed by atoms with Crippen molar-refractivity contribution in [1.29, 1.82) is 0 Å². The first-order chi connectivity index (χ1) is 19.2. The van der Waals surface area contributed by atoms with Gasteiger partial charge in [0.2, 0.25) is 0 Å². The Kier molecular flexibility index (Phi) is 7.08. The minimum Gasteiger partial charge on any atom is -0.457 e. The Labute approximate surface area is 232 Å². The summed E-state index contributed by atoms with van der Waals surface area (Å²) in [4.78, 5) is 52.8. The van der Waals surface area contributed by atoms with Crippen LogP contribution >= 0.6 is 0 Å². The van der Waals surface area contributed by atoms with Gasteiger partial charge in [-0.3, -0.25) is 23.7 Å². The van der Waals surface area contributed by atoms with Crippen molar-refractivity contribution in [3.05, 3.63) is 108 Å². The molecule has 206 valence electrons. The molecule has 5 rings (SSSR count). The van der Waals surface area contributed by atoms with Crippen LogP contribution < -0.4 is 27.0 Å². The molecule has 2 heterocycles. The molecular formula is C33H34N2O5. The van der Waals surface area contributed by atoms with E-state index in [9.17, 15) is 19.2 Å². The summed E-state index contributed by atoms with van der Waals surface area (Å²) in [5, 5.41) is 0.601. The monoisotopic (exact) mass is 538 g/mol. The number of nitrogens with zero attached hydrogens (tertiary/aromatic N) is 2. The zero-order valence-electron chi connectivity index (χ0n) is 23.6.